The van der Waals surface area contributed by atoms with E-state index in [1.54, 1.807) is 0 Å². The van der Waals surface area contributed by atoms with Crippen LogP contribution in [0.4, 0.5) is 0 Å². The standard InChI is InChI=1S/C18H40NO3.BrH/c1-2-3-4-5-6-7-8-9-10-11-12-19(13-16-20,14-17-21)15-18-22;/h20-22H,2-18H2,1H3;1H/q+1;/p-1. The van der Waals surface area contributed by atoms with Crippen molar-refractivity contribution in [1.29, 1.82) is 0 Å². The molecule has 0 spiro atoms. The predicted octanol–water partition coefficient (Wildman–Crippen LogP) is -0.295. The third-order valence-corrected chi connectivity index (χ3v) is 4.71. The van der Waals surface area contributed by atoms with E-state index in [2.05, 4.69) is 6.92 Å². The quantitative estimate of drug-likeness (QED) is 0.233. The highest BCUT2D eigenvalue weighted by Gasteiger charge is 2.25. The Balaban J connectivity index is 0. The average Bonchev–Trinajstić information content (AvgIpc) is 2.50. The van der Waals surface area contributed by atoms with Crippen molar-refractivity contribution < 1.29 is 36.8 Å². The molecule has 4 nitrogen and oxygen atoms in total. The van der Waals surface area contributed by atoms with Crippen molar-refractivity contribution in [2.45, 2.75) is 71.1 Å². The highest BCUT2D eigenvalue weighted by atomic mass is 79.9. The Labute approximate surface area is 154 Å². The molecule has 142 valence electrons. The minimum absolute atomic E-state index is 0. The number of quaternary nitrogens is 1. The van der Waals surface area contributed by atoms with Crippen LogP contribution in [0.15, 0.2) is 0 Å². The van der Waals surface area contributed by atoms with Gasteiger partial charge in [-0.3, -0.25) is 0 Å². The van der Waals surface area contributed by atoms with Crippen molar-refractivity contribution in [2.75, 3.05) is 46.0 Å². The van der Waals surface area contributed by atoms with Gasteiger partial charge < -0.3 is 36.8 Å². The Morgan fingerprint density at radius 1 is 0.522 bits per heavy atom. The van der Waals surface area contributed by atoms with Gasteiger partial charge in [-0.05, 0) is 12.8 Å². The molecule has 0 radical (unpaired) electrons. The molecule has 0 aliphatic rings. The molecule has 23 heavy (non-hydrogen) atoms. The van der Waals surface area contributed by atoms with E-state index >= 15 is 0 Å². The number of hydrogen-bond acceptors (Lipinski definition) is 3. The van der Waals surface area contributed by atoms with Crippen LogP contribution < -0.4 is 17.0 Å². The smallest absolute Gasteiger partial charge is 0.102 e. The second-order valence-electron chi connectivity index (χ2n) is 6.59. The summed E-state index contributed by atoms with van der Waals surface area (Å²) in [5.41, 5.74) is 0. The van der Waals surface area contributed by atoms with Gasteiger partial charge in [0.2, 0.25) is 0 Å². The van der Waals surface area contributed by atoms with Crippen LogP contribution in [0.2, 0.25) is 0 Å². The Morgan fingerprint density at radius 2 is 0.870 bits per heavy atom. The van der Waals surface area contributed by atoms with Gasteiger partial charge in [0.05, 0.1) is 26.4 Å². The third-order valence-electron chi connectivity index (χ3n) is 4.71. The number of rotatable bonds is 17. The largest absolute Gasteiger partial charge is 1.00 e. The Hall–Kier alpha value is 0.320. The molecule has 0 aliphatic heterocycles. The maximum absolute atomic E-state index is 9.24. The van der Waals surface area contributed by atoms with E-state index in [4.69, 9.17) is 0 Å². The first kappa shape index (κ1) is 25.6. The van der Waals surface area contributed by atoms with Gasteiger partial charge in [0.15, 0.2) is 0 Å². The zero-order valence-corrected chi connectivity index (χ0v) is 16.8. The number of unbranched alkanes of at least 4 members (excludes halogenated alkanes) is 9. The van der Waals surface area contributed by atoms with Crippen LogP contribution in [-0.2, 0) is 0 Å². The number of hydrogen-bond donors (Lipinski definition) is 3. The second-order valence-corrected chi connectivity index (χ2v) is 6.59. The molecule has 0 fully saturated rings. The van der Waals surface area contributed by atoms with E-state index in [0.29, 0.717) is 24.1 Å². The molecule has 0 aromatic heterocycles. The molecule has 0 saturated carbocycles. The molecular weight excluding hydrogens is 358 g/mol. The van der Waals surface area contributed by atoms with E-state index < -0.39 is 0 Å². The van der Waals surface area contributed by atoms with Gasteiger partial charge in [0.1, 0.15) is 19.6 Å². The summed E-state index contributed by atoms with van der Waals surface area (Å²) in [5, 5.41) is 27.7. The molecular formula is C18H40BrNO3. The molecule has 0 atom stereocenters. The second kappa shape index (κ2) is 18.7. The summed E-state index contributed by atoms with van der Waals surface area (Å²) in [6, 6.07) is 0. The van der Waals surface area contributed by atoms with Crippen LogP contribution in [0.25, 0.3) is 0 Å². The summed E-state index contributed by atoms with van der Waals surface area (Å²) in [5.74, 6) is 0. The summed E-state index contributed by atoms with van der Waals surface area (Å²) in [4.78, 5) is 0. The van der Waals surface area contributed by atoms with Gasteiger partial charge in [-0.25, -0.2) is 0 Å². The molecule has 0 aromatic carbocycles. The fraction of sp³-hybridized carbons (Fsp3) is 1.00. The van der Waals surface area contributed by atoms with Crippen LogP contribution in [-0.4, -0.2) is 65.8 Å². The van der Waals surface area contributed by atoms with Crippen LogP contribution in [0, 0.1) is 0 Å². The summed E-state index contributed by atoms with van der Waals surface area (Å²) >= 11 is 0. The highest BCUT2D eigenvalue weighted by Crippen LogP contribution is 2.13. The van der Waals surface area contributed by atoms with Crippen LogP contribution in [0.5, 0.6) is 0 Å². The van der Waals surface area contributed by atoms with Crippen molar-refractivity contribution in [3.8, 4) is 0 Å². The van der Waals surface area contributed by atoms with E-state index in [9.17, 15) is 15.3 Å². The van der Waals surface area contributed by atoms with Crippen molar-refractivity contribution in [2.24, 2.45) is 0 Å². The van der Waals surface area contributed by atoms with Crippen molar-refractivity contribution in [3.63, 3.8) is 0 Å². The first-order valence-electron chi connectivity index (χ1n) is 9.42. The van der Waals surface area contributed by atoms with Crippen LogP contribution >= 0.6 is 0 Å². The first-order valence-corrected chi connectivity index (χ1v) is 9.42. The van der Waals surface area contributed by atoms with E-state index in [0.717, 1.165) is 13.0 Å². The van der Waals surface area contributed by atoms with E-state index in [-0.39, 0.29) is 36.8 Å². The maximum Gasteiger partial charge on any atom is 0.102 e. The number of nitrogens with zero attached hydrogens (tertiary/aromatic N) is 1. The molecule has 0 saturated heterocycles. The van der Waals surface area contributed by atoms with Crippen molar-refractivity contribution in [3.05, 3.63) is 0 Å². The number of aliphatic hydroxyl groups excluding tert-OH is 3. The van der Waals surface area contributed by atoms with Crippen LogP contribution in [0.3, 0.4) is 0 Å². The van der Waals surface area contributed by atoms with Crippen molar-refractivity contribution >= 4 is 0 Å². The van der Waals surface area contributed by atoms with Crippen molar-refractivity contribution in [1.82, 2.24) is 0 Å². The minimum Gasteiger partial charge on any atom is -1.00 e. The van der Waals surface area contributed by atoms with Crippen LogP contribution in [0.1, 0.15) is 71.1 Å². The highest BCUT2D eigenvalue weighted by molar-refractivity contribution is 4.50. The summed E-state index contributed by atoms with van der Waals surface area (Å²) < 4.78 is 0.653. The Kier molecular flexibility index (Phi) is 20.7. The van der Waals surface area contributed by atoms with Gasteiger partial charge in [0.25, 0.3) is 0 Å². The van der Waals surface area contributed by atoms with Gasteiger partial charge >= 0.3 is 0 Å². The summed E-state index contributed by atoms with van der Waals surface area (Å²) in [6.45, 7) is 5.49. The predicted molar refractivity (Wildman–Crippen MR) is 92.8 cm³/mol. The minimum atomic E-state index is 0. The zero-order valence-electron chi connectivity index (χ0n) is 15.2. The molecule has 0 aromatic rings. The van der Waals surface area contributed by atoms with E-state index in [1.165, 1.54) is 57.8 Å². The maximum atomic E-state index is 9.24. The summed E-state index contributed by atoms with van der Waals surface area (Å²) in [6.07, 6.45) is 13.1. The van der Waals surface area contributed by atoms with Gasteiger partial charge in [-0.15, -0.1) is 0 Å². The monoisotopic (exact) mass is 397 g/mol. The molecule has 5 heteroatoms. The first-order chi connectivity index (χ1) is 10.7. The normalized spacial score (nSPS) is 11.5. The summed E-state index contributed by atoms with van der Waals surface area (Å²) in [7, 11) is 0. The average molecular weight is 398 g/mol. The Morgan fingerprint density at radius 3 is 1.22 bits per heavy atom. The topological polar surface area (TPSA) is 60.7 Å². The molecule has 0 heterocycles. The lowest BCUT2D eigenvalue weighted by Gasteiger charge is -2.37. The zero-order chi connectivity index (χ0) is 16.5. The third kappa shape index (κ3) is 14.4. The molecule has 3 N–H and O–H groups in total. The molecule has 0 unspecified atom stereocenters. The van der Waals surface area contributed by atoms with E-state index in [1.807, 2.05) is 0 Å². The number of halogens is 1. The Bertz CT molecular complexity index is 213. The van der Waals surface area contributed by atoms with Gasteiger partial charge in [-0.1, -0.05) is 58.3 Å². The lowest BCUT2D eigenvalue weighted by molar-refractivity contribution is -0.929. The van der Waals surface area contributed by atoms with Gasteiger partial charge in [-0.2, -0.15) is 0 Å². The van der Waals surface area contributed by atoms with Gasteiger partial charge in [0, 0.05) is 0 Å². The molecule has 0 amide bonds. The lowest BCUT2D eigenvalue weighted by Crippen LogP contribution is -3.00. The molecule has 0 rings (SSSR count). The number of aliphatic hydroxyl groups is 3. The fourth-order valence-electron chi connectivity index (χ4n) is 3.24. The fourth-order valence-corrected chi connectivity index (χ4v) is 3.24. The molecule has 0 bridgehead atoms. The SMILES string of the molecule is CCCCCCCCCCCC[N+](CCO)(CCO)CCO.[Br-]. The molecule has 0 aliphatic carbocycles. The lowest BCUT2D eigenvalue weighted by atomic mass is 10.1.